The minimum absolute atomic E-state index is 0.000336. The Morgan fingerprint density at radius 1 is 1.20 bits per heavy atom. The minimum Gasteiger partial charge on any atom is -0.385 e. The van der Waals surface area contributed by atoms with Crippen LogP contribution in [-0.4, -0.2) is 19.6 Å². The summed E-state index contributed by atoms with van der Waals surface area (Å²) in [5, 5.41) is 12.9. The summed E-state index contributed by atoms with van der Waals surface area (Å²) in [7, 11) is -4.02. The number of thiophene rings is 1. The van der Waals surface area contributed by atoms with E-state index in [9.17, 15) is 18.3 Å². The minimum atomic E-state index is -4.02. The van der Waals surface area contributed by atoms with Crippen LogP contribution in [0.2, 0.25) is 0 Å². The van der Waals surface area contributed by atoms with Crippen LogP contribution in [0.25, 0.3) is 0 Å². The van der Waals surface area contributed by atoms with E-state index in [1.54, 1.807) is 19.9 Å². The highest BCUT2D eigenvalue weighted by atomic mass is 32.2. The highest BCUT2D eigenvalue weighted by Gasteiger charge is 2.32. The van der Waals surface area contributed by atoms with E-state index >= 15 is 0 Å². The first-order valence-corrected chi connectivity index (χ1v) is 12.7. The van der Waals surface area contributed by atoms with Crippen molar-refractivity contribution >= 4 is 33.1 Å². The van der Waals surface area contributed by atoms with Gasteiger partial charge in [0.25, 0.3) is 10.0 Å². The molecule has 3 N–H and O–H groups in total. The van der Waals surface area contributed by atoms with Crippen LogP contribution in [0.4, 0.5) is 10.5 Å². The fourth-order valence-electron chi connectivity index (χ4n) is 4.17. The molecule has 0 saturated heterocycles. The number of amides is 2. The lowest BCUT2D eigenvalue weighted by molar-refractivity contribution is 0.0825. The number of carbonyl (C=O) groups excluding carboxylic acids is 1. The largest absolute Gasteiger partial charge is 0.385 e. The fourth-order valence-corrected chi connectivity index (χ4v) is 6.38. The highest BCUT2D eigenvalue weighted by molar-refractivity contribution is 7.92. The van der Waals surface area contributed by atoms with E-state index in [1.807, 2.05) is 0 Å². The van der Waals surface area contributed by atoms with E-state index in [4.69, 9.17) is 0 Å². The third kappa shape index (κ3) is 4.26. The van der Waals surface area contributed by atoms with Crippen molar-refractivity contribution in [3.05, 3.63) is 45.8 Å². The zero-order valence-corrected chi connectivity index (χ0v) is 19.1. The second-order valence-corrected chi connectivity index (χ2v) is 11.9. The predicted molar refractivity (Wildman–Crippen MR) is 119 cm³/mol. The van der Waals surface area contributed by atoms with Crippen LogP contribution in [0.1, 0.15) is 67.5 Å². The van der Waals surface area contributed by atoms with Gasteiger partial charge in [0.1, 0.15) is 4.21 Å². The molecule has 2 aromatic rings. The molecule has 1 saturated carbocycles. The second kappa shape index (κ2) is 7.66. The van der Waals surface area contributed by atoms with Crippen molar-refractivity contribution in [1.82, 2.24) is 4.72 Å². The van der Waals surface area contributed by atoms with Gasteiger partial charge in [-0.3, -0.25) is 0 Å². The van der Waals surface area contributed by atoms with Crippen molar-refractivity contribution in [2.45, 2.75) is 68.6 Å². The SMILES string of the molecule is C[C@@H](c1ccc2c(c1NC(=O)NS(=O)(=O)c1ccc(C(C)(C)O)s1)CCC2)C1CC1. The average Bonchev–Trinajstić information content (AvgIpc) is 3.16. The molecular formula is C22H28N2O4S2. The number of hydrogen-bond acceptors (Lipinski definition) is 5. The van der Waals surface area contributed by atoms with E-state index in [-0.39, 0.29) is 4.21 Å². The predicted octanol–water partition coefficient (Wildman–Crippen LogP) is 4.49. The summed E-state index contributed by atoms with van der Waals surface area (Å²) in [6, 6.07) is 6.47. The quantitative estimate of drug-likeness (QED) is 0.607. The summed E-state index contributed by atoms with van der Waals surface area (Å²) in [5.41, 5.74) is 3.09. The van der Waals surface area contributed by atoms with Crippen molar-refractivity contribution in [2.24, 2.45) is 5.92 Å². The molecule has 0 spiro atoms. The van der Waals surface area contributed by atoms with Crippen LogP contribution < -0.4 is 10.0 Å². The summed E-state index contributed by atoms with van der Waals surface area (Å²) in [4.78, 5) is 13.2. The number of hydrogen-bond donors (Lipinski definition) is 3. The molecule has 1 atom stereocenters. The zero-order valence-electron chi connectivity index (χ0n) is 17.5. The number of nitrogens with one attached hydrogen (secondary N) is 2. The van der Waals surface area contributed by atoms with E-state index in [1.165, 1.54) is 24.5 Å². The molecule has 4 rings (SSSR count). The molecule has 6 nitrogen and oxygen atoms in total. The van der Waals surface area contributed by atoms with Gasteiger partial charge in [-0.1, -0.05) is 19.1 Å². The van der Waals surface area contributed by atoms with E-state index < -0.39 is 21.7 Å². The van der Waals surface area contributed by atoms with Gasteiger partial charge in [0.2, 0.25) is 0 Å². The third-order valence-electron chi connectivity index (χ3n) is 6.05. The van der Waals surface area contributed by atoms with Crippen LogP contribution in [0, 0.1) is 5.92 Å². The molecule has 0 unspecified atom stereocenters. The van der Waals surface area contributed by atoms with Gasteiger partial charge in [0, 0.05) is 10.6 Å². The Bertz CT molecular complexity index is 1080. The molecule has 30 heavy (non-hydrogen) atoms. The molecule has 0 bridgehead atoms. The Balaban J connectivity index is 1.57. The molecule has 2 aliphatic rings. The van der Waals surface area contributed by atoms with Gasteiger partial charge in [-0.2, -0.15) is 0 Å². The average molecular weight is 449 g/mol. The van der Waals surface area contributed by atoms with Crippen LogP contribution >= 0.6 is 11.3 Å². The number of rotatable bonds is 6. The molecule has 8 heteroatoms. The second-order valence-electron chi connectivity index (χ2n) is 8.88. The number of fused-ring (bicyclic) bond motifs is 1. The maximum absolute atomic E-state index is 12.7. The molecule has 2 amide bonds. The molecule has 162 valence electrons. The van der Waals surface area contributed by atoms with Crippen LogP contribution in [0.15, 0.2) is 28.5 Å². The normalized spacial score (nSPS) is 17.5. The van der Waals surface area contributed by atoms with Crippen molar-refractivity contribution < 1.29 is 18.3 Å². The summed E-state index contributed by atoms with van der Waals surface area (Å²) in [5.74, 6) is 0.956. The van der Waals surface area contributed by atoms with Crippen LogP contribution in [0.3, 0.4) is 0 Å². The number of aliphatic hydroxyl groups is 1. The molecule has 1 aromatic heterocycles. The van der Waals surface area contributed by atoms with Gasteiger partial charge in [-0.25, -0.2) is 17.9 Å². The van der Waals surface area contributed by atoms with Crippen LogP contribution in [0.5, 0.6) is 0 Å². The van der Waals surface area contributed by atoms with Crippen molar-refractivity contribution in [3.8, 4) is 0 Å². The van der Waals surface area contributed by atoms with Gasteiger partial charge in [-0.05, 0) is 86.6 Å². The van der Waals surface area contributed by atoms with Crippen LogP contribution in [-0.2, 0) is 28.5 Å². The Labute approximate surface area is 181 Å². The monoisotopic (exact) mass is 448 g/mol. The Hall–Kier alpha value is -1.90. The summed E-state index contributed by atoms with van der Waals surface area (Å²) < 4.78 is 27.5. The first kappa shape index (κ1) is 21.3. The smallest absolute Gasteiger partial charge is 0.333 e. The first-order valence-electron chi connectivity index (χ1n) is 10.4. The maximum Gasteiger partial charge on any atom is 0.333 e. The van der Waals surface area contributed by atoms with Gasteiger partial charge < -0.3 is 10.4 Å². The number of carbonyl (C=O) groups is 1. The van der Waals surface area contributed by atoms with Crippen molar-refractivity contribution in [2.75, 3.05) is 5.32 Å². The molecule has 0 radical (unpaired) electrons. The molecule has 2 aliphatic carbocycles. The molecule has 1 heterocycles. The fraction of sp³-hybridized carbons (Fsp3) is 0.500. The van der Waals surface area contributed by atoms with Gasteiger partial charge in [-0.15, -0.1) is 11.3 Å². The van der Waals surface area contributed by atoms with E-state index in [2.05, 4.69) is 29.1 Å². The zero-order chi connectivity index (χ0) is 21.7. The lowest BCUT2D eigenvalue weighted by Crippen LogP contribution is -2.34. The summed E-state index contributed by atoms with van der Waals surface area (Å²) >= 11 is 0.955. The Kier molecular flexibility index (Phi) is 5.45. The standard InChI is InChI=1S/C22H28N2O4S2/c1-13(14-7-8-14)16-10-9-15-5-4-6-17(15)20(16)23-21(25)24-30(27,28)19-12-11-18(29-19)22(2,3)26/h9-14,26H,4-8H2,1-3H3,(H2,23,24,25)/t13-/m1/s1. The van der Waals surface area contributed by atoms with Crippen molar-refractivity contribution in [1.29, 1.82) is 0 Å². The first-order chi connectivity index (χ1) is 14.1. The van der Waals surface area contributed by atoms with Gasteiger partial charge in [0.05, 0.1) is 5.60 Å². The van der Waals surface area contributed by atoms with Gasteiger partial charge in [0.15, 0.2) is 0 Å². The highest BCUT2D eigenvalue weighted by Crippen LogP contribution is 2.46. The molecule has 1 aromatic carbocycles. The van der Waals surface area contributed by atoms with E-state index in [0.717, 1.165) is 47.4 Å². The summed E-state index contributed by atoms with van der Waals surface area (Å²) in [6.45, 7) is 5.36. The number of sulfonamides is 1. The topological polar surface area (TPSA) is 95.5 Å². The third-order valence-corrected chi connectivity index (χ3v) is 9.27. The Morgan fingerprint density at radius 3 is 2.57 bits per heavy atom. The van der Waals surface area contributed by atoms with Crippen molar-refractivity contribution in [3.63, 3.8) is 0 Å². The molecule has 1 fully saturated rings. The maximum atomic E-state index is 12.7. The number of anilines is 1. The lowest BCUT2D eigenvalue weighted by Gasteiger charge is -2.20. The molecular weight excluding hydrogens is 420 g/mol. The number of benzene rings is 1. The van der Waals surface area contributed by atoms with E-state index in [0.29, 0.717) is 16.7 Å². The summed E-state index contributed by atoms with van der Waals surface area (Å²) in [6.07, 6.45) is 5.31. The van der Waals surface area contributed by atoms with Gasteiger partial charge >= 0.3 is 6.03 Å². The Morgan fingerprint density at radius 2 is 1.93 bits per heavy atom. The lowest BCUT2D eigenvalue weighted by atomic mass is 9.91. The molecule has 0 aliphatic heterocycles. The number of urea groups is 1. The number of aryl methyl sites for hydroxylation is 1.